The quantitative estimate of drug-likeness (QED) is 0.298. The van der Waals surface area contributed by atoms with Crippen molar-refractivity contribution >= 4 is 11.0 Å². The van der Waals surface area contributed by atoms with E-state index in [1.165, 1.54) is 33.5 Å². The van der Waals surface area contributed by atoms with Gasteiger partial charge in [0, 0.05) is 23.8 Å². The van der Waals surface area contributed by atoms with Crippen molar-refractivity contribution in [1.29, 1.82) is 0 Å². The topological polar surface area (TPSA) is 178 Å². The first kappa shape index (κ1) is 25.5. The van der Waals surface area contributed by atoms with Gasteiger partial charge in [-0.15, -0.1) is 0 Å². The molecule has 1 aliphatic rings. The maximum Gasteiger partial charge on any atom is 0.229 e. The molecule has 3 aromatic rings. The van der Waals surface area contributed by atoms with Crippen LogP contribution in [0.25, 0.3) is 22.3 Å². The summed E-state index contributed by atoms with van der Waals surface area (Å²) in [5.74, 6) is 0.594. The predicted molar refractivity (Wildman–Crippen MR) is 124 cm³/mol. The molecule has 0 amide bonds. The van der Waals surface area contributed by atoms with E-state index in [0.29, 0.717) is 22.8 Å². The van der Waals surface area contributed by atoms with E-state index in [1.54, 1.807) is 12.1 Å². The van der Waals surface area contributed by atoms with Crippen LogP contribution in [0, 0.1) is 0 Å². The van der Waals surface area contributed by atoms with Gasteiger partial charge in [-0.1, -0.05) is 0 Å². The Morgan fingerprint density at radius 3 is 2.14 bits per heavy atom. The zero-order valence-corrected chi connectivity index (χ0v) is 19.6. The van der Waals surface area contributed by atoms with Gasteiger partial charge < -0.3 is 53.6 Å². The van der Waals surface area contributed by atoms with E-state index < -0.39 is 48.5 Å². The number of aromatic hydroxyl groups is 1. The maximum absolute atomic E-state index is 12.8. The number of rotatable bonds is 7. The summed E-state index contributed by atoms with van der Waals surface area (Å²) in [5, 5.41) is 49.9. The zero-order chi connectivity index (χ0) is 26.1. The Bertz CT molecular complexity index is 1280. The lowest BCUT2D eigenvalue weighted by atomic mass is 9.99. The Labute approximate surface area is 204 Å². The number of hydrogen-bond donors (Lipinski definition) is 5. The van der Waals surface area contributed by atoms with Crippen LogP contribution in [0.2, 0.25) is 0 Å². The molecule has 5 N–H and O–H groups in total. The number of benzene rings is 2. The molecule has 1 fully saturated rings. The highest BCUT2D eigenvalue weighted by molar-refractivity contribution is 5.86. The standard InChI is InChI=1S/C24H26O12/c1-31-16-4-10(5-17(32-2)23(16)33-3)14-8-13(27)19-12(26)6-11(7-15(19)35-14)34-24-22(30)21(29)20(28)18(9-25)36-24/h4-8,18,20-22,24-26,28-30H,9H2,1-3H3/t18-,20+,21-,22-,24+/m1/s1. The molecule has 0 bridgehead atoms. The van der Waals surface area contributed by atoms with Gasteiger partial charge in [-0.25, -0.2) is 0 Å². The fourth-order valence-electron chi connectivity index (χ4n) is 3.98. The maximum atomic E-state index is 12.8. The van der Waals surface area contributed by atoms with Crippen molar-refractivity contribution in [1.82, 2.24) is 0 Å². The van der Waals surface area contributed by atoms with E-state index in [2.05, 4.69) is 0 Å². The number of methoxy groups -OCH3 is 3. The van der Waals surface area contributed by atoms with Crippen LogP contribution in [-0.2, 0) is 4.74 Å². The Morgan fingerprint density at radius 1 is 0.889 bits per heavy atom. The highest BCUT2D eigenvalue weighted by atomic mass is 16.7. The third kappa shape index (κ3) is 4.52. The summed E-state index contributed by atoms with van der Waals surface area (Å²) in [7, 11) is 4.34. The van der Waals surface area contributed by atoms with Gasteiger partial charge in [-0.05, 0) is 12.1 Å². The minimum atomic E-state index is -1.67. The molecular weight excluding hydrogens is 480 g/mol. The lowest BCUT2D eigenvalue weighted by molar-refractivity contribution is -0.277. The van der Waals surface area contributed by atoms with Gasteiger partial charge in [0.2, 0.25) is 12.0 Å². The number of ether oxygens (including phenoxy) is 5. The summed E-state index contributed by atoms with van der Waals surface area (Å²) in [6, 6.07) is 6.76. The Hall–Kier alpha value is -3.55. The zero-order valence-electron chi connectivity index (χ0n) is 19.6. The second-order valence-electron chi connectivity index (χ2n) is 8.02. The summed E-state index contributed by atoms with van der Waals surface area (Å²) in [6.07, 6.45) is -7.57. The molecular formula is C24H26O12. The van der Waals surface area contributed by atoms with Crippen molar-refractivity contribution in [3.05, 3.63) is 40.6 Å². The Morgan fingerprint density at radius 2 is 1.56 bits per heavy atom. The lowest BCUT2D eigenvalue weighted by Crippen LogP contribution is -2.60. The lowest BCUT2D eigenvalue weighted by Gasteiger charge is -2.39. The molecule has 0 unspecified atom stereocenters. The number of fused-ring (bicyclic) bond motifs is 1. The molecule has 0 saturated carbocycles. The van der Waals surface area contributed by atoms with E-state index in [1.807, 2.05) is 0 Å². The number of aliphatic hydroxyl groups excluding tert-OH is 4. The smallest absolute Gasteiger partial charge is 0.229 e. The summed E-state index contributed by atoms with van der Waals surface area (Å²) in [6.45, 7) is -0.638. The van der Waals surface area contributed by atoms with Gasteiger partial charge in [0.1, 0.15) is 52.6 Å². The summed E-state index contributed by atoms with van der Waals surface area (Å²) < 4.78 is 32.8. The molecule has 1 aliphatic heterocycles. The van der Waals surface area contributed by atoms with Gasteiger partial charge in [-0.2, -0.15) is 0 Å². The van der Waals surface area contributed by atoms with Gasteiger partial charge in [0.25, 0.3) is 0 Å². The molecule has 4 rings (SSSR count). The Kier molecular flexibility index (Phi) is 7.24. The molecule has 0 spiro atoms. The highest BCUT2D eigenvalue weighted by Crippen LogP contribution is 2.42. The van der Waals surface area contributed by atoms with E-state index in [9.17, 15) is 30.3 Å². The van der Waals surface area contributed by atoms with Gasteiger partial charge in [0.15, 0.2) is 16.9 Å². The van der Waals surface area contributed by atoms with Crippen molar-refractivity contribution in [2.45, 2.75) is 30.7 Å². The third-order valence-corrected chi connectivity index (χ3v) is 5.83. The van der Waals surface area contributed by atoms with Crippen molar-refractivity contribution < 1.29 is 53.6 Å². The fraction of sp³-hybridized carbons (Fsp3) is 0.375. The molecule has 12 heteroatoms. The van der Waals surface area contributed by atoms with Crippen LogP contribution in [0.5, 0.6) is 28.7 Å². The molecule has 194 valence electrons. The molecule has 0 aliphatic carbocycles. The van der Waals surface area contributed by atoms with E-state index >= 15 is 0 Å². The monoisotopic (exact) mass is 506 g/mol. The first-order valence-electron chi connectivity index (χ1n) is 10.8. The molecule has 2 heterocycles. The fourth-order valence-corrected chi connectivity index (χ4v) is 3.98. The summed E-state index contributed by atoms with van der Waals surface area (Å²) >= 11 is 0. The number of aliphatic hydroxyl groups is 4. The summed E-state index contributed by atoms with van der Waals surface area (Å²) in [4.78, 5) is 12.8. The predicted octanol–water partition coefficient (Wildman–Crippen LogP) is 0.370. The van der Waals surface area contributed by atoms with Crippen LogP contribution >= 0.6 is 0 Å². The number of phenols is 1. The van der Waals surface area contributed by atoms with Crippen LogP contribution in [0.3, 0.4) is 0 Å². The highest BCUT2D eigenvalue weighted by Gasteiger charge is 2.44. The molecule has 2 aromatic carbocycles. The van der Waals surface area contributed by atoms with Crippen LogP contribution in [-0.4, -0.2) is 84.2 Å². The van der Waals surface area contributed by atoms with E-state index in [4.69, 9.17) is 28.1 Å². The molecule has 12 nitrogen and oxygen atoms in total. The molecule has 36 heavy (non-hydrogen) atoms. The molecule has 0 radical (unpaired) electrons. The van der Waals surface area contributed by atoms with E-state index in [0.717, 1.165) is 6.07 Å². The van der Waals surface area contributed by atoms with Crippen molar-refractivity contribution in [3.63, 3.8) is 0 Å². The normalized spacial score (nSPS) is 23.9. The molecule has 1 aromatic heterocycles. The minimum absolute atomic E-state index is 0.0501. The van der Waals surface area contributed by atoms with Gasteiger partial charge in [0.05, 0.1) is 27.9 Å². The van der Waals surface area contributed by atoms with Crippen LogP contribution in [0.4, 0.5) is 0 Å². The van der Waals surface area contributed by atoms with Gasteiger partial charge >= 0.3 is 0 Å². The van der Waals surface area contributed by atoms with Crippen molar-refractivity contribution in [3.8, 4) is 40.1 Å². The number of phenolic OH excluding ortho intramolecular Hbond substituents is 1. The van der Waals surface area contributed by atoms with E-state index in [-0.39, 0.29) is 22.5 Å². The number of hydrogen-bond acceptors (Lipinski definition) is 12. The SMILES string of the molecule is COc1cc(-c2cc(=O)c3c(O)cc(O[C@H]4O[C@H](CO)[C@H](O)[C@@H](O)[C@H]4O)cc3o2)cc(OC)c1OC. The van der Waals surface area contributed by atoms with Crippen LogP contribution in [0.1, 0.15) is 0 Å². The van der Waals surface area contributed by atoms with Crippen molar-refractivity contribution in [2.24, 2.45) is 0 Å². The first-order valence-corrected chi connectivity index (χ1v) is 10.8. The largest absolute Gasteiger partial charge is 0.507 e. The molecule has 5 atom stereocenters. The van der Waals surface area contributed by atoms with Gasteiger partial charge in [-0.3, -0.25) is 4.79 Å². The summed E-state index contributed by atoms with van der Waals surface area (Å²) in [5.41, 5.74) is -0.175. The van der Waals surface area contributed by atoms with Crippen LogP contribution in [0.15, 0.2) is 39.5 Å². The second-order valence-corrected chi connectivity index (χ2v) is 8.02. The average molecular weight is 506 g/mol. The second kappa shape index (κ2) is 10.2. The third-order valence-electron chi connectivity index (χ3n) is 5.83. The Balaban J connectivity index is 1.76. The minimum Gasteiger partial charge on any atom is -0.507 e. The average Bonchev–Trinajstić information content (AvgIpc) is 2.87. The molecule has 1 saturated heterocycles. The van der Waals surface area contributed by atoms with Crippen molar-refractivity contribution in [2.75, 3.05) is 27.9 Å². The van der Waals surface area contributed by atoms with Crippen LogP contribution < -0.4 is 24.4 Å². The first-order chi connectivity index (χ1) is 17.2.